The zero-order chi connectivity index (χ0) is 22.7. The van der Waals surface area contributed by atoms with Crippen molar-refractivity contribution < 1.29 is 9.53 Å². The van der Waals surface area contributed by atoms with E-state index in [1.807, 2.05) is 90.7 Å². The van der Waals surface area contributed by atoms with Gasteiger partial charge in [-0.05, 0) is 75.8 Å². The van der Waals surface area contributed by atoms with E-state index in [-0.39, 0.29) is 5.91 Å². The van der Waals surface area contributed by atoms with Gasteiger partial charge in [-0.25, -0.2) is 0 Å². The molecule has 32 heavy (non-hydrogen) atoms. The van der Waals surface area contributed by atoms with Gasteiger partial charge in [0.2, 0.25) is 0 Å². The molecule has 0 fully saturated rings. The van der Waals surface area contributed by atoms with Gasteiger partial charge < -0.3 is 4.74 Å². The maximum Gasteiger partial charge on any atom is 0.262 e. The van der Waals surface area contributed by atoms with E-state index in [0.29, 0.717) is 18.1 Å². The van der Waals surface area contributed by atoms with E-state index >= 15 is 0 Å². The SMILES string of the molecule is CCOc1ccc(/C=C2\C=C(c3ccccc3)N(c3ccccc3C(C)C)C2=O)cc1Br. The zero-order valence-electron chi connectivity index (χ0n) is 18.5. The number of amides is 1. The second kappa shape index (κ2) is 9.58. The minimum absolute atomic E-state index is 0.0260. The molecule has 0 saturated heterocycles. The number of hydrogen-bond donors (Lipinski definition) is 0. The van der Waals surface area contributed by atoms with Crippen molar-refractivity contribution >= 4 is 39.3 Å². The Bertz CT molecular complexity index is 1200. The van der Waals surface area contributed by atoms with Crippen LogP contribution in [0.25, 0.3) is 11.8 Å². The molecular formula is C28H26BrNO2. The number of carbonyl (C=O) groups excluding carboxylic acids is 1. The maximum atomic E-state index is 13.7. The van der Waals surface area contributed by atoms with Crippen LogP contribution in [0.15, 0.2) is 88.9 Å². The molecule has 1 aliphatic heterocycles. The molecule has 0 spiro atoms. The average Bonchev–Trinajstić information content (AvgIpc) is 3.12. The largest absolute Gasteiger partial charge is 0.493 e. The molecule has 0 radical (unpaired) electrons. The van der Waals surface area contributed by atoms with Gasteiger partial charge in [-0.2, -0.15) is 0 Å². The lowest BCUT2D eigenvalue weighted by atomic mass is 10.00. The summed E-state index contributed by atoms with van der Waals surface area (Å²) in [5.41, 5.74) is 5.56. The Balaban J connectivity index is 1.81. The second-order valence-corrected chi connectivity index (χ2v) is 8.83. The van der Waals surface area contributed by atoms with E-state index in [4.69, 9.17) is 4.74 Å². The van der Waals surface area contributed by atoms with Gasteiger partial charge in [0.15, 0.2) is 0 Å². The number of ether oxygens (including phenoxy) is 1. The summed E-state index contributed by atoms with van der Waals surface area (Å²) in [6.07, 6.45) is 3.92. The van der Waals surface area contributed by atoms with E-state index < -0.39 is 0 Å². The summed E-state index contributed by atoms with van der Waals surface area (Å²) in [5, 5.41) is 0. The number of anilines is 1. The minimum Gasteiger partial charge on any atom is -0.493 e. The molecular weight excluding hydrogens is 462 g/mol. The number of benzene rings is 3. The summed E-state index contributed by atoms with van der Waals surface area (Å²) < 4.78 is 6.48. The standard InChI is InChI=1S/C28H26BrNO2/c1-4-32-27-15-14-20(17-24(27)29)16-22-18-26(21-10-6-5-7-11-21)30(28(22)31)25-13-9-8-12-23(25)19(2)3/h5-19H,4H2,1-3H3/b22-16+. The van der Waals surface area contributed by atoms with Crippen LogP contribution in [0.5, 0.6) is 5.75 Å². The van der Waals surface area contributed by atoms with E-state index in [0.717, 1.165) is 38.3 Å². The number of para-hydroxylation sites is 1. The monoisotopic (exact) mass is 487 g/mol. The normalized spacial score (nSPS) is 14.9. The molecule has 3 aromatic rings. The first-order valence-corrected chi connectivity index (χ1v) is 11.6. The Morgan fingerprint density at radius 2 is 1.72 bits per heavy atom. The van der Waals surface area contributed by atoms with Crippen LogP contribution in [0.3, 0.4) is 0 Å². The van der Waals surface area contributed by atoms with E-state index in [1.165, 1.54) is 0 Å². The molecule has 0 bridgehead atoms. The highest BCUT2D eigenvalue weighted by atomic mass is 79.9. The quantitative estimate of drug-likeness (QED) is 0.338. The van der Waals surface area contributed by atoms with Crippen molar-refractivity contribution in [3.63, 3.8) is 0 Å². The molecule has 0 saturated carbocycles. The zero-order valence-corrected chi connectivity index (χ0v) is 20.1. The molecule has 0 atom stereocenters. The molecule has 0 unspecified atom stereocenters. The van der Waals surface area contributed by atoms with Crippen molar-refractivity contribution in [3.05, 3.63) is 106 Å². The molecule has 4 heteroatoms. The van der Waals surface area contributed by atoms with Gasteiger partial charge in [-0.3, -0.25) is 9.69 Å². The van der Waals surface area contributed by atoms with Crippen LogP contribution in [-0.2, 0) is 4.79 Å². The summed E-state index contributed by atoms with van der Waals surface area (Å²) in [6, 6.07) is 24.1. The number of hydrogen-bond acceptors (Lipinski definition) is 2. The molecule has 1 aliphatic rings. The van der Waals surface area contributed by atoms with Gasteiger partial charge in [0.05, 0.1) is 22.5 Å². The van der Waals surface area contributed by atoms with Gasteiger partial charge >= 0.3 is 0 Å². The number of halogens is 1. The van der Waals surface area contributed by atoms with Crippen molar-refractivity contribution in [3.8, 4) is 5.75 Å². The van der Waals surface area contributed by atoms with Crippen molar-refractivity contribution in [2.75, 3.05) is 11.5 Å². The molecule has 0 N–H and O–H groups in total. The third kappa shape index (κ3) is 4.42. The number of carbonyl (C=O) groups is 1. The molecule has 0 aliphatic carbocycles. The third-order valence-corrected chi connectivity index (χ3v) is 6.05. The van der Waals surface area contributed by atoms with Crippen LogP contribution in [-0.4, -0.2) is 12.5 Å². The number of nitrogens with zero attached hydrogens (tertiary/aromatic N) is 1. The third-order valence-electron chi connectivity index (χ3n) is 5.43. The fourth-order valence-corrected chi connectivity index (χ4v) is 4.43. The highest BCUT2D eigenvalue weighted by molar-refractivity contribution is 9.10. The highest BCUT2D eigenvalue weighted by Crippen LogP contribution is 2.39. The highest BCUT2D eigenvalue weighted by Gasteiger charge is 2.32. The Kier molecular flexibility index (Phi) is 6.61. The maximum absolute atomic E-state index is 13.7. The van der Waals surface area contributed by atoms with Crippen LogP contribution in [0.4, 0.5) is 5.69 Å². The molecule has 162 valence electrons. The second-order valence-electron chi connectivity index (χ2n) is 7.97. The molecule has 3 nitrogen and oxygen atoms in total. The lowest BCUT2D eigenvalue weighted by molar-refractivity contribution is -0.113. The first-order valence-electron chi connectivity index (χ1n) is 10.8. The molecule has 1 amide bonds. The van der Waals surface area contributed by atoms with E-state index in [1.54, 1.807) is 0 Å². The summed E-state index contributed by atoms with van der Waals surface area (Å²) in [4.78, 5) is 15.5. The van der Waals surface area contributed by atoms with Crippen molar-refractivity contribution in [2.45, 2.75) is 26.7 Å². The van der Waals surface area contributed by atoms with Gasteiger partial charge in [0.1, 0.15) is 5.75 Å². The molecule has 0 aromatic heterocycles. The fraction of sp³-hybridized carbons (Fsp3) is 0.179. The summed E-state index contributed by atoms with van der Waals surface area (Å²) in [6.45, 7) is 6.86. The minimum atomic E-state index is -0.0260. The molecule has 4 rings (SSSR count). The smallest absolute Gasteiger partial charge is 0.262 e. The van der Waals surface area contributed by atoms with Crippen LogP contribution < -0.4 is 9.64 Å². The fourth-order valence-electron chi connectivity index (χ4n) is 3.91. The van der Waals surface area contributed by atoms with Crippen molar-refractivity contribution in [1.82, 2.24) is 0 Å². The van der Waals surface area contributed by atoms with E-state index in [2.05, 4.69) is 35.8 Å². The van der Waals surface area contributed by atoms with Gasteiger partial charge in [-0.15, -0.1) is 0 Å². The van der Waals surface area contributed by atoms with Gasteiger partial charge in [-0.1, -0.05) is 68.4 Å². The Hall–Kier alpha value is -3.11. The lowest BCUT2D eigenvalue weighted by Crippen LogP contribution is -2.26. The topological polar surface area (TPSA) is 29.5 Å². The first-order chi connectivity index (χ1) is 15.5. The van der Waals surface area contributed by atoms with Crippen LogP contribution >= 0.6 is 15.9 Å². The van der Waals surface area contributed by atoms with Crippen molar-refractivity contribution in [2.24, 2.45) is 0 Å². The number of rotatable bonds is 6. The van der Waals surface area contributed by atoms with Gasteiger partial charge in [0.25, 0.3) is 5.91 Å². The Morgan fingerprint density at radius 1 is 1.00 bits per heavy atom. The molecule has 3 aromatic carbocycles. The van der Waals surface area contributed by atoms with Crippen LogP contribution in [0.1, 0.15) is 43.4 Å². The summed E-state index contributed by atoms with van der Waals surface area (Å²) >= 11 is 3.57. The van der Waals surface area contributed by atoms with E-state index in [9.17, 15) is 4.79 Å². The molecule has 1 heterocycles. The van der Waals surface area contributed by atoms with Gasteiger partial charge in [0, 0.05) is 5.57 Å². The predicted octanol–water partition coefficient (Wildman–Crippen LogP) is 7.44. The van der Waals surface area contributed by atoms with Crippen LogP contribution in [0, 0.1) is 0 Å². The Labute approximate surface area is 198 Å². The summed E-state index contributed by atoms with van der Waals surface area (Å²) in [5.74, 6) is 1.06. The van der Waals surface area contributed by atoms with Crippen LogP contribution in [0.2, 0.25) is 0 Å². The first kappa shape index (κ1) is 22.1. The predicted molar refractivity (Wildman–Crippen MR) is 136 cm³/mol. The van der Waals surface area contributed by atoms with Crippen molar-refractivity contribution in [1.29, 1.82) is 0 Å². The summed E-state index contributed by atoms with van der Waals surface area (Å²) in [7, 11) is 0. The lowest BCUT2D eigenvalue weighted by Gasteiger charge is -2.25. The average molecular weight is 488 g/mol. The Morgan fingerprint density at radius 3 is 2.41 bits per heavy atom.